The van der Waals surface area contributed by atoms with Gasteiger partial charge in [-0.25, -0.2) is 4.72 Å². The number of nitrogens with zero attached hydrogens (tertiary/aromatic N) is 2. The van der Waals surface area contributed by atoms with Crippen molar-refractivity contribution in [3.63, 3.8) is 0 Å². The molecule has 7 nitrogen and oxygen atoms in total. The maximum Gasteiger partial charge on any atom is 0.307 e. The molecule has 116 valence electrons. The van der Waals surface area contributed by atoms with Crippen molar-refractivity contribution in [1.82, 2.24) is 13.9 Å². The highest BCUT2D eigenvalue weighted by Crippen LogP contribution is 2.19. The van der Waals surface area contributed by atoms with Crippen LogP contribution in [0.15, 0.2) is 0 Å². The molecule has 0 saturated carbocycles. The van der Waals surface area contributed by atoms with Gasteiger partial charge in [0, 0.05) is 26.2 Å². The molecule has 8 heteroatoms. The van der Waals surface area contributed by atoms with Crippen LogP contribution in [0.2, 0.25) is 0 Å². The second kappa shape index (κ2) is 6.38. The lowest BCUT2D eigenvalue weighted by molar-refractivity contribution is -0.142. The number of hydrogen-bond donors (Lipinski definition) is 2. The van der Waals surface area contributed by atoms with Crippen LogP contribution in [0.25, 0.3) is 0 Å². The number of hydrogen-bond acceptors (Lipinski definition) is 4. The van der Waals surface area contributed by atoms with Crippen LogP contribution in [0.4, 0.5) is 0 Å². The van der Waals surface area contributed by atoms with E-state index in [1.165, 1.54) is 4.31 Å². The number of nitrogens with one attached hydrogen (secondary N) is 1. The lowest BCUT2D eigenvalue weighted by atomic mass is 10.0. The number of piperidine rings is 1. The van der Waals surface area contributed by atoms with Gasteiger partial charge in [-0.05, 0) is 38.8 Å². The summed E-state index contributed by atoms with van der Waals surface area (Å²) >= 11 is 0. The van der Waals surface area contributed by atoms with Gasteiger partial charge in [-0.2, -0.15) is 12.7 Å². The minimum atomic E-state index is -3.55. The van der Waals surface area contributed by atoms with Crippen molar-refractivity contribution in [2.24, 2.45) is 11.8 Å². The Kier molecular flexibility index (Phi) is 5.00. The molecule has 2 atom stereocenters. The van der Waals surface area contributed by atoms with E-state index < -0.39 is 22.1 Å². The minimum Gasteiger partial charge on any atom is -0.481 e. The first-order chi connectivity index (χ1) is 9.38. The largest absolute Gasteiger partial charge is 0.481 e. The molecule has 0 aliphatic carbocycles. The van der Waals surface area contributed by atoms with Crippen molar-refractivity contribution in [2.45, 2.75) is 19.3 Å². The Bertz CT molecular complexity index is 454. The number of carboxylic acids is 1. The van der Waals surface area contributed by atoms with E-state index in [-0.39, 0.29) is 6.54 Å². The van der Waals surface area contributed by atoms with Crippen LogP contribution in [0, 0.1) is 11.8 Å². The molecular weight excluding hydrogens is 282 g/mol. The van der Waals surface area contributed by atoms with E-state index in [4.69, 9.17) is 5.11 Å². The number of aliphatic carboxylic acids is 1. The molecule has 0 bridgehead atoms. The van der Waals surface area contributed by atoms with E-state index >= 15 is 0 Å². The van der Waals surface area contributed by atoms with Crippen LogP contribution in [0.3, 0.4) is 0 Å². The summed E-state index contributed by atoms with van der Waals surface area (Å²) in [5.74, 6) is -1.16. The Morgan fingerprint density at radius 1 is 1.30 bits per heavy atom. The fourth-order valence-electron chi connectivity index (χ4n) is 2.87. The first kappa shape index (κ1) is 15.7. The summed E-state index contributed by atoms with van der Waals surface area (Å²) in [5.41, 5.74) is 0. The Balaban J connectivity index is 1.87. The summed E-state index contributed by atoms with van der Waals surface area (Å²) in [6.07, 6.45) is 2.15. The number of carbonyl (C=O) groups is 1. The van der Waals surface area contributed by atoms with E-state index in [0.29, 0.717) is 31.8 Å². The van der Waals surface area contributed by atoms with Crippen LogP contribution in [-0.4, -0.2) is 68.5 Å². The smallest absolute Gasteiger partial charge is 0.307 e. The molecule has 0 aromatic carbocycles. The summed E-state index contributed by atoms with van der Waals surface area (Å²) in [4.78, 5) is 13.2. The Morgan fingerprint density at radius 3 is 2.65 bits per heavy atom. The summed E-state index contributed by atoms with van der Waals surface area (Å²) in [6.45, 7) is 2.82. The summed E-state index contributed by atoms with van der Waals surface area (Å²) in [7, 11) is -1.53. The van der Waals surface area contributed by atoms with Crippen molar-refractivity contribution in [1.29, 1.82) is 0 Å². The maximum atomic E-state index is 12.2. The highest BCUT2D eigenvalue weighted by Gasteiger charge is 2.32. The van der Waals surface area contributed by atoms with Crippen molar-refractivity contribution in [2.75, 3.05) is 39.8 Å². The van der Waals surface area contributed by atoms with Crippen LogP contribution < -0.4 is 4.72 Å². The summed E-state index contributed by atoms with van der Waals surface area (Å²) < 4.78 is 28.3. The Morgan fingerprint density at radius 2 is 2.05 bits per heavy atom. The van der Waals surface area contributed by atoms with Gasteiger partial charge >= 0.3 is 5.97 Å². The van der Waals surface area contributed by atoms with E-state index in [1.54, 1.807) is 0 Å². The number of likely N-dealkylation sites (tertiary alicyclic amines) is 1. The zero-order chi connectivity index (χ0) is 14.8. The molecule has 2 unspecified atom stereocenters. The normalized spacial score (nSPS) is 29.6. The van der Waals surface area contributed by atoms with Crippen LogP contribution in [0.5, 0.6) is 0 Å². The molecule has 0 spiro atoms. The van der Waals surface area contributed by atoms with Gasteiger partial charge < -0.3 is 10.0 Å². The molecule has 0 amide bonds. The molecule has 20 heavy (non-hydrogen) atoms. The van der Waals surface area contributed by atoms with Crippen molar-refractivity contribution in [3.05, 3.63) is 0 Å². The second-order valence-corrected chi connectivity index (χ2v) is 7.56. The van der Waals surface area contributed by atoms with Gasteiger partial charge in [0.15, 0.2) is 0 Å². The zero-order valence-corrected chi connectivity index (χ0v) is 12.6. The predicted molar refractivity (Wildman–Crippen MR) is 74.5 cm³/mol. The fourth-order valence-corrected chi connectivity index (χ4v) is 4.24. The van der Waals surface area contributed by atoms with E-state index in [2.05, 4.69) is 9.62 Å². The van der Waals surface area contributed by atoms with Crippen molar-refractivity contribution >= 4 is 16.2 Å². The zero-order valence-electron chi connectivity index (χ0n) is 11.8. The number of rotatable bonds is 5. The fraction of sp³-hybridized carbons (Fsp3) is 0.917. The molecule has 2 fully saturated rings. The average molecular weight is 305 g/mol. The van der Waals surface area contributed by atoms with Gasteiger partial charge in [-0.1, -0.05) is 0 Å². The molecule has 0 aromatic heterocycles. The predicted octanol–water partition coefficient (Wildman–Crippen LogP) is -0.431. The SMILES string of the molecule is CN1CCC(CNS(=O)(=O)N2CCCC(C(=O)O)C2)C1. The highest BCUT2D eigenvalue weighted by atomic mass is 32.2. The Hall–Kier alpha value is -0.700. The third-order valence-corrected chi connectivity index (χ3v) is 5.66. The standard InChI is InChI=1S/C12H23N3O4S/c1-14-6-4-10(8-14)7-13-20(18,19)15-5-2-3-11(9-15)12(16)17/h10-11,13H,2-9H2,1H3,(H,16,17). The monoisotopic (exact) mass is 305 g/mol. The van der Waals surface area contributed by atoms with E-state index in [9.17, 15) is 13.2 Å². The molecule has 2 heterocycles. The third-order valence-electron chi connectivity index (χ3n) is 4.12. The first-order valence-corrected chi connectivity index (χ1v) is 8.48. The van der Waals surface area contributed by atoms with Gasteiger partial charge in [0.25, 0.3) is 10.2 Å². The van der Waals surface area contributed by atoms with Crippen LogP contribution in [0.1, 0.15) is 19.3 Å². The molecule has 2 aliphatic rings. The van der Waals surface area contributed by atoms with Crippen LogP contribution in [-0.2, 0) is 15.0 Å². The lowest BCUT2D eigenvalue weighted by Gasteiger charge is -2.30. The van der Waals surface area contributed by atoms with E-state index in [1.807, 2.05) is 7.05 Å². The van der Waals surface area contributed by atoms with Gasteiger partial charge in [0.1, 0.15) is 0 Å². The average Bonchev–Trinajstić information content (AvgIpc) is 2.82. The summed E-state index contributed by atoms with van der Waals surface area (Å²) in [6, 6.07) is 0. The first-order valence-electron chi connectivity index (χ1n) is 7.04. The van der Waals surface area contributed by atoms with Gasteiger partial charge in [-0.15, -0.1) is 0 Å². The second-order valence-electron chi connectivity index (χ2n) is 5.81. The molecule has 2 aliphatic heterocycles. The minimum absolute atomic E-state index is 0.0786. The molecule has 2 saturated heterocycles. The van der Waals surface area contributed by atoms with Crippen LogP contribution >= 0.6 is 0 Å². The van der Waals surface area contributed by atoms with Gasteiger partial charge in [-0.3, -0.25) is 4.79 Å². The highest BCUT2D eigenvalue weighted by molar-refractivity contribution is 7.87. The molecule has 2 rings (SSSR count). The molecule has 0 radical (unpaired) electrons. The van der Waals surface area contributed by atoms with Crippen molar-refractivity contribution in [3.8, 4) is 0 Å². The maximum absolute atomic E-state index is 12.2. The quantitative estimate of drug-likeness (QED) is 0.719. The summed E-state index contributed by atoms with van der Waals surface area (Å²) in [5, 5.41) is 9.01. The molecule has 0 aromatic rings. The van der Waals surface area contributed by atoms with E-state index in [0.717, 1.165) is 19.5 Å². The third kappa shape index (κ3) is 3.91. The van der Waals surface area contributed by atoms with Gasteiger partial charge in [0.05, 0.1) is 5.92 Å². The topological polar surface area (TPSA) is 90.0 Å². The van der Waals surface area contributed by atoms with Gasteiger partial charge in [0.2, 0.25) is 0 Å². The molecule has 2 N–H and O–H groups in total. The molecular formula is C12H23N3O4S. The Labute approximate surface area is 120 Å². The lowest BCUT2D eigenvalue weighted by Crippen LogP contribution is -2.48. The van der Waals surface area contributed by atoms with Crippen molar-refractivity contribution < 1.29 is 18.3 Å². The number of carboxylic acid groups (broad SMARTS) is 1.